The number of nitrogens with zero attached hydrogens (tertiary/aromatic N) is 2. The third kappa shape index (κ3) is 2.90. The lowest BCUT2D eigenvalue weighted by molar-refractivity contribution is -0.510. The molecule has 0 saturated carbocycles. The summed E-state index contributed by atoms with van der Waals surface area (Å²) in [5.74, 6) is 0. The van der Waals surface area contributed by atoms with Gasteiger partial charge in [-0.15, -0.1) is 0 Å². The highest BCUT2D eigenvalue weighted by Crippen LogP contribution is 2.25. The molecule has 0 unspecified atom stereocenters. The van der Waals surface area contributed by atoms with Gasteiger partial charge in [-0.05, 0) is 30.3 Å². The maximum atomic E-state index is 6.03. The highest BCUT2D eigenvalue weighted by Gasteiger charge is 2.20. The maximum absolute atomic E-state index is 6.03. The first kappa shape index (κ1) is 15.8. The van der Waals surface area contributed by atoms with E-state index in [2.05, 4.69) is 57.8 Å². The summed E-state index contributed by atoms with van der Waals surface area (Å²) in [6.45, 7) is 0. The zero-order valence-corrected chi connectivity index (χ0v) is 14.6. The summed E-state index contributed by atoms with van der Waals surface area (Å²) in [6, 6.07) is 24.5. The van der Waals surface area contributed by atoms with Crippen LogP contribution in [0.25, 0.3) is 22.6 Å². The minimum atomic E-state index is 0. The zero-order chi connectivity index (χ0) is 14.9. The molecule has 4 rings (SSSR count). The van der Waals surface area contributed by atoms with Crippen molar-refractivity contribution in [3.05, 3.63) is 90.2 Å². The number of aromatic nitrogens is 2. The summed E-state index contributed by atoms with van der Waals surface area (Å²) >= 11 is 6.03. The van der Waals surface area contributed by atoms with Gasteiger partial charge < -0.3 is 17.0 Å². The minimum absolute atomic E-state index is 0. The number of rotatable bonds is 2. The summed E-state index contributed by atoms with van der Waals surface area (Å²) in [7, 11) is 0. The molecule has 2 heterocycles. The fourth-order valence-electron chi connectivity index (χ4n) is 2.73. The predicted molar refractivity (Wildman–Crippen MR) is 89.4 cm³/mol. The summed E-state index contributed by atoms with van der Waals surface area (Å²) < 4.78 is 4.38. The fraction of sp³-hybridized carbons (Fsp3) is 0. The highest BCUT2D eigenvalue weighted by atomic mass is 79.9. The summed E-state index contributed by atoms with van der Waals surface area (Å²) in [6.07, 6.45) is 4.22. The number of hydrogen-bond donors (Lipinski definition) is 0. The molecule has 0 radical (unpaired) electrons. The van der Waals surface area contributed by atoms with Crippen molar-refractivity contribution in [1.29, 1.82) is 0 Å². The monoisotopic (exact) mass is 384 g/mol. The van der Waals surface area contributed by atoms with Crippen molar-refractivity contribution in [1.82, 2.24) is 4.57 Å². The van der Waals surface area contributed by atoms with E-state index in [0.29, 0.717) is 0 Å². The van der Waals surface area contributed by atoms with Gasteiger partial charge in [0.05, 0.1) is 6.20 Å². The molecule has 0 N–H and O–H groups in total. The van der Waals surface area contributed by atoms with Crippen molar-refractivity contribution in [2.75, 3.05) is 0 Å². The van der Waals surface area contributed by atoms with Gasteiger partial charge in [-0.2, -0.15) is 4.57 Å². The second-order valence-electron chi connectivity index (χ2n) is 5.16. The number of benzene rings is 2. The largest absolute Gasteiger partial charge is 1.00 e. The van der Waals surface area contributed by atoms with E-state index < -0.39 is 0 Å². The van der Waals surface area contributed by atoms with Crippen LogP contribution >= 0.6 is 11.6 Å². The summed E-state index contributed by atoms with van der Waals surface area (Å²) in [5, 5.41) is 0.745. The van der Waals surface area contributed by atoms with Crippen molar-refractivity contribution >= 4 is 17.2 Å². The lowest BCUT2D eigenvalue weighted by Gasteiger charge is -2.03. The molecular weight excluding hydrogens is 372 g/mol. The van der Waals surface area contributed by atoms with Gasteiger partial charge in [-0.3, -0.25) is 0 Å². The number of fused-ring (bicyclic) bond motifs is 1. The smallest absolute Gasteiger partial charge is 0.291 e. The number of pyridine rings is 1. The van der Waals surface area contributed by atoms with Crippen molar-refractivity contribution in [3.63, 3.8) is 0 Å². The van der Waals surface area contributed by atoms with Gasteiger partial charge in [0.15, 0.2) is 5.69 Å². The summed E-state index contributed by atoms with van der Waals surface area (Å²) in [4.78, 5) is 0. The first-order valence-electron chi connectivity index (χ1n) is 7.16. The van der Waals surface area contributed by atoms with Crippen LogP contribution in [-0.2, 0) is 0 Å². The standard InChI is InChI=1S/C19H14ClN2.BrH/c20-16-9-11-17(12-10-16)22-18(15-6-2-1-3-7-15)14-21-13-5-4-8-19(21)22;/h1-14H;1H/q+1;/p-1. The average Bonchev–Trinajstić information content (AvgIpc) is 2.96. The minimum Gasteiger partial charge on any atom is -1.00 e. The SMILES string of the molecule is Clc1ccc(-n2c(-c3ccccc3)c[n+]3ccccc23)cc1.[Br-]. The number of hydrogen-bond acceptors (Lipinski definition) is 0. The third-order valence-corrected chi connectivity index (χ3v) is 4.01. The van der Waals surface area contributed by atoms with E-state index in [1.807, 2.05) is 36.4 Å². The van der Waals surface area contributed by atoms with E-state index in [-0.39, 0.29) is 17.0 Å². The Morgan fingerprint density at radius 3 is 2.22 bits per heavy atom. The molecular formula is C19H14BrClN2. The molecule has 0 saturated heterocycles. The van der Waals surface area contributed by atoms with Crippen LogP contribution in [0.1, 0.15) is 0 Å². The predicted octanol–water partition coefficient (Wildman–Crippen LogP) is 1.54. The quantitative estimate of drug-likeness (QED) is 0.463. The third-order valence-electron chi connectivity index (χ3n) is 3.75. The number of imidazole rings is 1. The average molecular weight is 386 g/mol. The van der Waals surface area contributed by atoms with Gasteiger partial charge in [-0.25, -0.2) is 4.40 Å². The topological polar surface area (TPSA) is 9.03 Å². The molecule has 2 aromatic carbocycles. The first-order chi connectivity index (χ1) is 10.8. The molecule has 0 atom stereocenters. The van der Waals surface area contributed by atoms with Crippen LogP contribution in [0.5, 0.6) is 0 Å². The molecule has 0 aliphatic heterocycles. The Morgan fingerprint density at radius 2 is 1.48 bits per heavy atom. The van der Waals surface area contributed by atoms with Crippen molar-refractivity contribution in [2.24, 2.45) is 0 Å². The molecule has 0 bridgehead atoms. The van der Waals surface area contributed by atoms with E-state index in [4.69, 9.17) is 11.6 Å². The second-order valence-corrected chi connectivity index (χ2v) is 5.59. The van der Waals surface area contributed by atoms with Gasteiger partial charge in [0, 0.05) is 16.7 Å². The molecule has 2 aromatic heterocycles. The molecule has 0 spiro atoms. The van der Waals surface area contributed by atoms with Crippen LogP contribution in [0.2, 0.25) is 5.02 Å². The van der Waals surface area contributed by atoms with E-state index in [1.54, 1.807) is 0 Å². The summed E-state index contributed by atoms with van der Waals surface area (Å²) in [5.41, 5.74) is 4.54. The number of halogens is 2. The Morgan fingerprint density at radius 1 is 0.783 bits per heavy atom. The zero-order valence-electron chi connectivity index (χ0n) is 12.2. The lowest BCUT2D eigenvalue weighted by Crippen LogP contribution is -3.00. The molecule has 0 aliphatic rings. The van der Waals surface area contributed by atoms with Crippen LogP contribution < -0.4 is 21.4 Å². The molecule has 4 heteroatoms. The normalized spacial score (nSPS) is 10.5. The molecule has 23 heavy (non-hydrogen) atoms. The van der Waals surface area contributed by atoms with Gasteiger partial charge >= 0.3 is 0 Å². The Bertz CT molecular complexity index is 931. The highest BCUT2D eigenvalue weighted by molar-refractivity contribution is 6.30. The van der Waals surface area contributed by atoms with E-state index in [9.17, 15) is 0 Å². The first-order valence-corrected chi connectivity index (χ1v) is 7.54. The van der Waals surface area contributed by atoms with Gasteiger partial charge in [-0.1, -0.05) is 48.0 Å². The van der Waals surface area contributed by atoms with Crippen molar-refractivity contribution in [3.8, 4) is 16.9 Å². The van der Waals surface area contributed by atoms with Gasteiger partial charge in [0.25, 0.3) is 5.65 Å². The Hall–Kier alpha value is -2.10. The maximum Gasteiger partial charge on any atom is 0.291 e. The molecule has 2 nitrogen and oxygen atoms in total. The van der Waals surface area contributed by atoms with Crippen LogP contribution in [-0.4, -0.2) is 4.57 Å². The molecule has 0 amide bonds. The van der Waals surface area contributed by atoms with Crippen LogP contribution in [0.4, 0.5) is 0 Å². The molecule has 114 valence electrons. The van der Waals surface area contributed by atoms with Gasteiger partial charge in [0.1, 0.15) is 11.9 Å². The van der Waals surface area contributed by atoms with Crippen molar-refractivity contribution < 1.29 is 21.4 Å². The molecule has 0 fully saturated rings. The lowest BCUT2D eigenvalue weighted by atomic mass is 10.1. The van der Waals surface area contributed by atoms with Crippen LogP contribution in [0, 0.1) is 0 Å². The van der Waals surface area contributed by atoms with Crippen molar-refractivity contribution in [2.45, 2.75) is 0 Å². The molecule has 0 aliphatic carbocycles. The Labute approximate surface area is 150 Å². The fourth-order valence-corrected chi connectivity index (χ4v) is 2.86. The Balaban J connectivity index is 0.00000156. The van der Waals surface area contributed by atoms with Crippen LogP contribution in [0.15, 0.2) is 85.2 Å². The van der Waals surface area contributed by atoms with E-state index in [0.717, 1.165) is 22.1 Å². The van der Waals surface area contributed by atoms with E-state index in [1.165, 1.54) is 5.56 Å². The Kier molecular flexibility index (Phi) is 4.51. The second kappa shape index (κ2) is 6.57. The van der Waals surface area contributed by atoms with E-state index >= 15 is 0 Å². The van der Waals surface area contributed by atoms with Gasteiger partial charge in [0.2, 0.25) is 0 Å². The van der Waals surface area contributed by atoms with Crippen LogP contribution in [0.3, 0.4) is 0 Å². The molecule has 4 aromatic rings.